The van der Waals surface area contributed by atoms with Crippen molar-refractivity contribution < 1.29 is 36.2 Å². The molecule has 4 rings (SSSR count). The largest absolute Gasteiger partial charge is 0.450 e. The van der Waals surface area contributed by atoms with Gasteiger partial charge in [0.25, 0.3) is 0 Å². The number of anilines is 2. The molecule has 2 N–H and O–H groups in total. The van der Waals surface area contributed by atoms with Gasteiger partial charge in [0, 0.05) is 44.9 Å². The lowest BCUT2D eigenvalue weighted by Crippen LogP contribution is -2.22. The first kappa shape index (κ1) is 29.9. The summed E-state index contributed by atoms with van der Waals surface area (Å²) in [7, 11) is -1.42. The quantitative estimate of drug-likeness (QED) is 0.121. The maximum Gasteiger partial charge on any atom is 0.418 e. The van der Waals surface area contributed by atoms with Crippen LogP contribution in [0.2, 0.25) is 25.7 Å². The number of benzene rings is 1. The van der Waals surface area contributed by atoms with E-state index in [9.17, 15) is 26.7 Å². The number of carbonyl (C=O) groups excluding carboxylic acids is 1. The highest BCUT2D eigenvalue weighted by molar-refractivity contribution is 6.76. The summed E-state index contributed by atoms with van der Waals surface area (Å²) in [6.07, 6.45) is -1.35. The SMILES string of the molecule is Cc1cnnc(NC(=O)Nc2cc(F)c(Oc3ccnc4c3c(C(F)(F)F)cn4COCC[Si](C)(C)C)c(F)c2)c1. The molecule has 3 aromatic heterocycles. The third-order valence-corrected chi connectivity index (χ3v) is 7.46. The Labute approximate surface area is 232 Å². The minimum Gasteiger partial charge on any atom is -0.450 e. The maximum absolute atomic E-state index is 14.9. The molecule has 2 amide bonds. The number of aromatic nitrogens is 4. The molecule has 0 aliphatic heterocycles. The second-order valence-corrected chi connectivity index (χ2v) is 16.1. The van der Waals surface area contributed by atoms with Crippen molar-refractivity contribution in [3.05, 3.63) is 65.6 Å². The highest BCUT2D eigenvalue weighted by Gasteiger charge is 2.37. The molecule has 9 nitrogen and oxygen atoms in total. The molecule has 218 valence electrons. The van der Waals surface area contributed by atoms with Gasteiger partial charge in [-0.25, -0.2) is 18.6 Å². The summed E-state index contributed by atoms with van der Waals surface area (Å²) in [5, 5.41) is 11.5. The van der Waals surface area contributed by atoms with Crippen LogP contribution in [-0.4, -0.2) is 40.5 Å². The molecule has 0 saturated heterocycles. The Bertz CT molecular complexity index is 1550. The molecule has 1 aromatic carbocycles. The second-order valence-electron chi connectivity index (χ2n) is 10.4. The van der Waals surface area contributed by atoms with Crippen LogP contribution in [0.5, 0.6) is 11.5 Å². The molecule has 0 unspecified atom stereocenters. The van der Waals surface area contributed by atoms with E-state index in [2.05, 4.69) is 45.5 Å². The standard InChI is InChI=1S/C26H27F5N6O3Si/c1-15-9-21(36-33-12-15)35-25(38)34-16-10-18(27)23(19(28)11-16)40-20-5-6-32-24-22(20)17(26(29,30)31)13-37(24)14-39-7-8-41(2,3)4/h5-6,9-13H,7-8,14H2,1-4H3,(H2,34,35,36,38). The number of amides is 2. The highest BCUT2D eigenvalue weighted by Crippen LogP contribution is 2.42. The summed E-state index contributed by atoms with van der Waals surface area (Å²) < 4.78 is 83.9. The Balaban J connectivity index is 1.58. The van der Waals surface area contributed by atoms with Crippen LogP contribution in [0.4, 0.5) is 38.3 Å². The Morgan fingerprint density at radius 1 is 1.10 bits per heavy atom. The van der Waals surface area contributed by atoms with Crippen LogP contribution < -0.4 is 15.4 Å². The van der Waals surface area contributed by atoms with E-state index in [0.29, 0.717) is 6.61 Å². The van der Waals surface area contributed by atoms with Gasteiger partial charge >= 0.3 is 12.2 Å². The number of aryl methyl sites for hydroxylation is 1. The predicted molar refractivity (Wildman–Crippen MR) is 145 cm³/mol. The highest BCUT2D eigenvalue weighted by atomic mass is 28.3. The smallest absolute Gasteiger partial charge is 0.418 e. The van der Waals surface area contributed by atoms with Gasteiger partial charge in [-0.2, -0.15) is 18.3 Å². The van der Waals surface area contributed by atoms with Gasteiger partial charge in [0.05, 0.1) is 17.1 Å². The molecule has 3 heterocycles. The molecule has 0 saturated carbocycles. The topological polar surface area (TPSA) is 103 Å². The molecule has 0 spiro atoms. The van der Waals surface area contributed by atoms with Gasteiger partial charge < -0.3 is 19.4 Å². The number of nitrogens with zero attached hydrogens (tertiary/aromatic N) is 4. The first-order chi connectivity index (χ1) is 19.2. The molecule has 0 fully saturated rings. The number of nitrogens with one attached hydrogen (secondary N) is 2. The number of hydrogen-bond acceptors (Lipinski definition) is 6. The van der Waals surface area contributed by atoms with E-state index in [1.165, 1.54) is 23.0 Å². The van der Waals surface area contributed by atoms with Crippen LogP contribution in [0.1, 0.15) is 11.1 Å². The average molecular weight is 595 g/mol. The Morgan fingerprint density at radius 3 is 2.44 bits per heavy atom. The number of halogens is 5. The normalized spacial score (nSPS) is 12.0. The van der Waals surface area contributed by atoms with Gasteiger partial charge in [0.2, 0.25) is 0 Å². The van der Waals surface area contributed by atoms with Crippen LogP contribution in [0.25, 0.3) is 11.0 Å². The van der Waals surface area contributed by atoms with Crippen molar-refractivity contribution in [3.8, 4) is 11.5 Å². The van der Waals surface area contributed by atoms with Crippen molar-refractivity contribution in [3.63, 3.8) is 0 Å². The van der Waals surface area contributed by atoms with E-state index >= 15 is 0 Å². The van der Waals surface area contributed by atoms with Crippen molar-refractivity contribution in [1.29, 1.82) is 0 Å². The lowest BCUT2D eigenvalue weighted by atomic mass is 10.2. The molecule has 0 aliphatic carbocycles. The fraction of sp³-hybridized carbons (Fsp3) is 0.308. The van der Waals surface area contributed by atoms with E-state index in [1.807, 2.05) is 0 Å². The zero-order valence-electron chi connectivity index (χ0n) is 22.6. The molecule has 0 radical (unpaired) electrons. The number of urea groups is 1. The Hall–Kier alpha value is -4.11. The van der Waals surface area contributed by atoms with Crippen molar-refractivity contribution in [2.75, 3.05) is 17.2 Å². The summed E-state index contributed by atoms with van der Waals surface area (Å²) in [4.78, 5) is 16.3. The average Bonchev–Trinajstić information content (AvgIpc) is 3.23. The van der Waals surface area contributed by atoms with Gasteiger partial charge in [0.15, 0.2) is 23.2 Å². The van der Waals surface area contributed by atoms with Crippen molar-refractivity contribution >= 4 is 36.6 Å². The summed E-state index contributed by atoms with van der Waals surface area (Å²) in [6.45, 7) is 8.32. The van der Waals surface area contributed by atoms with E-state index in [-0.39, 0.29) is 23.9 Å². The van der Waals surface area contributed by atoms with Crippen LogP contribution in [0.3, 0.4) is 0 Å². The summed E-state index contributed by atoms with van der Waals surface area (Å²) in [6, 6.07) is 4.10. The molecule has 15 heteroatoms. The van der Waals surface area contributed by atoms with E-state index in [0.717, 1.165) is 36.0 Å². The first-order valence-electron chi connectivity index (χ1n) is 12.4. The van der Waals surface area contributed by atoms with Gasteiger partial charge in [-0.3, -0.25) is 5.32 Å². The molecule has 41 heavy (non-hydrogen) atoms. The number of ether oxygens (including phenoxy) is 2. The predicted octanol–water partition coefficient (Wildman–Crippen LogP) is 7.18. The molecule has 4 aromatic rings. The van der Waals surface area contributed by atoms with Crippen molar-refractivity contribution in [2.45, 2.75) is 45.5 Å². The lowest BCUT2D eigenvalue weighted by Gasteiger charge is -2.15. The van der Waals surface area contributed by atoms with E-state index in [4.69, 9.17) is 9.47 Å². The third-order valence-electron chi connectivity index (χ3n) is 5.75. The third kappa shape index (κ3) is 7.55. The lowest BCUT2D eigenvalue weighted by molar-refractivity contribution is -0.136. The summed E-state index contributed by atoms with van der Waals surface area (Å²) in [5.74, 6) is -3.83. The van der Waals surface area contributed by atoms with Crippen LogP contribution in [0, 0.1) is 18.6 Å². The summed E-state index contributed by atoms with van der Waals surface area (Å²) in [5.41, 5.74) is -0.780. The van der Waals surface area contributed by atoms with Crippen molar-refractivity contribution in [2.24, 2.45) is 0 Å². The zero-order valence-corrected chi connectivity index (χ0v) is 23.6. The number of rotatable bonds is 9. The Kier molecular flexibility index (Phi) is 8.58. The molecule has 0 bridgehead atoms. The maximum atomic E-state index is 14.9. The van der Waals surface area contributed by atoms with E-state index < -0.39 is 54.4 Å². The number of fused-ring (bicyclic) bond motifs is 1. The molecule has 0 aliphatic rings. The molecule has 0 atom stereocenters. The fourth-order valence-corrected chi connectivity index (χ4v) is 4.53. The number of pyridine rings is 1. The monoisotopic (exact) mass is 594 g/mol. The van der Waals surface area contributed by atoms with Gasteiger partial charge in [-0.15, -0.1) is 5.10 Å². The minimum absolute atomic E-state index is 0.110. The number of hydrogen-bond donors (Lipinski definition) is 2. The molecular formula is C26H27F5N6O3Si. The molecular weight excluding hydrogens is 567 g/mol. The number of carbonyl (C=O) groups is 1. The first-order valence-corrected chi connectivity index (χ1v) is 16.1. The Morgan fingerprint density at radius 2 is 1.80 bits per heavy atom. The van der Waals surface area contributed by atoms with Gasteiger partial charge in [0.1, 0.15) is 18.1 Å². The van der Waals surface area contributed by atoms with Crippen molar-refractivity contribution in [1.82, 2.24) is 19.7 Å². The minimum atomic E-state index is -4.82. The fourth-order valence-electron chi connectivity index (χ4n) is 3.77. The van der Waals surface area contributed by atoms with Crippen LogP contribution in [0.15, 0.2) is 42.9 Å². The van der Waals surface area contributed by atoms with Crippen LogP contribution in [-0.2, 0) is 17.6 Å². The van der Waals surface area contributed by atoms with E-state index in [1.54, 1.807) is 6.92 Å². The second kappa shape index (κ2) is 11.8. The van der Waals surface area contributed by atoms with Gasteiger partial charge in [-0.1, -0.05) is 19.6 Å². The zero-order chi connectivity index (χ0) is 29.9. The number of alkyl halides is 3. The van der Waals surface area contributed by atoms with Gasteiger partial charge in [-0.05, 0) is 30.7 Å². The van der Waals surface area contributed by atoms with Crippen LogP contribution >= 0.6 is 0 Å². The summed E-state index contributed by atoms with van der Waals surface area (Å²) >= 11 is 0.